The van der Waals surface area contributed by atoms with Gasteiger partial charge in [0.05, 0.1) is 11.1 Å². The Labute approximate surface area is 105 Å². The van der Waals surface area contributed by atoms with Gasteiger partial charge < -0.3 is 5.32 Å². The molecule has 96 valence electrons. The second kappa shape index (κ2) is 4.88. The molecule has 0 aliphatic heterocycles. The molecule has 4 heteroatoms. The second-order valence-corrected chi connectivity index (χ2v) is 4.19. The zero-order valence-corrected chi connectivity index (χ0v) is 10.8. The summed E-state index contributed by atoms with van der Waals surface area (Å²) in [6, 6.07) is 2.26. The molecule has 0 unspecified atom stereocenters. The molecule has 1 aromatic carbocycles. The number of nitrogens with one attached hydrogen (secondary N) is 1. The average molecular weight is 250 g/mol. The highest BCUT2D eigenvalue weighted by Crippen LogP contribution is 2.32. The third-order valence-corrected chi connectivity index (χ3v) is 3.05. The van der Waals surface area contributed by atoms with Crippen LogP contribution >= 0.6 is 0 Å². The summed E-state index contributed by atoms with van der Waals surface area (Å²) in [6.45, 7) is 6.39. The van der Waals surface area contributed by atoms with Crippen LogP contribution in [0, 0.1) is 18.6 Å². The van der Waals surface area contributed by atoms with Gasteiger partial charge in [-0.2, -0.15) is 0 Å². The molecule has 0 fully saturated rings. The summed E-state index contributed by atoms with van der Waals surface area (Å²) in [5.41, 5.74) is 2.44. The Kier molecular flexibility index (Phi) is 3.45. The van der Waals surface area contributed by atoms with Crippen LogP contribution in [0.25, 0.3) is 10.9 Å². The molecule has 0 aliphatic carbocycles. The maximum Gasteiger partial charge on any atom is 0.149 e. The largest absolute Gasteiger partial charge is 0.384 e. The summed E-state index contributed by atoms with van der Waals surface area (Å²) in [4.78, 5) is 4.19. The van der Waals surface area contributed by atoms with E-state index in [-0.39, 0.29) is 10.9 Å². The summed E-state index contributed by atoms with van der Waals surface area (Å²) in [6.07, 6.45) is 0.729. The molecule has 18 heavy (non-hydrogen) atoms. The van der Waals surface area contributed by atoms with Gasteiger partial charge in [0, 0.05) is 12.2 Å². The maximum atomic E-state index is 14.0. The number of benzene rings is 1. The Morgan fingerprint density at radius 1 is 1.17 bits per heavy atom. The van der Waals surface area contributed by atoms with Gasteiger partial charge in [-0.1, -0.05) is 6.92 Å². The topological polar surface area (TPSA) is 24.9 Å². The van der Waals surface area contributed by atoms with Crippen molar-refractivity contribution < 1.29 is 8.78 Å². The molecule has 1 N–H and O–H groups in total. The summed E-state index contributed by atoms with van der Waals surface area (Å²) >= 11 is 0. The average Bonchev–Trinajstić information content (AvgIpc) is 2.34. The second-order valence-electron chi connectivity index (χ2n) is 4.19. The Hall–Kier alpha value is -1.71. The lowest BCUT2D eigenvalue weighted by molar-refractivity contribution is 0.615. The number of aromatic nitrogens is 1. The SMILES string of the molecule is CCNc1c(CC)c(C)nc2c(F)ccc(F)c12. The first-order valence-electron chi connectivity index (χ1n) is 6.11. The first-order valence-corrected chi connectivity index (χ1v) is 6.11. The lowest BCUT2D eigenvalue weighted by Gasteiger charge is -2.16. The van der Waals surface area contributed by atoms with Crippen LogP contribution in [0.1, 0.15) is 25.1 Å². The van der Waals surface area contributed by atoms with E-state index in [1.807, 2.05) is 20.8 Å². The lowest BCUT2D eigenvalue weighted by atomic mass is 10.0. The monoisotopic (exact) mass is 250 g/mol. The van der Waals surface area contributed by atoms with Crippen LogP contribution in [-0.2, 0) is 6.42 Å². The molecule has 0 bridgehead atoms. The van der Waals surface area contributed by atoms with Crippen LogP contribution in [0.15, 0.2) is 12.1 Å². The van der Waals surface area contributed by atoms with Crippen molar-refractivity contribution in [2.75, 3.05) is 11.9 Å². The molecule has 2 nitrogen and oxygen atoms in total. The Morgan fingerprint density at radius 3 is 2.44 bits per heavy atom. The predicted molar refractivity (Wildman–Crippen MR) is 69.9 cm³/mol. The zero-order chi connectivity index (χ0) is 13.3. The standard InChI is InChI=1S/C14H16F2N2/c1-4-9-8(3)18-14-11(16)7-6-10(15)12(14)13(9)17-5-2/h6-7H,4-5H2,1-3H3,(H,17,18). The Morgan fingerprint density at radius 2 is 1.83 bits per heavy atom. The fourth-order valence-electron chi connectivity index (χ4n) is 2.26. The molecule has 0 amide bonds. The van der Waals surface area contributed by atoms with Gasteiger partial charge in [0.2, 0.25) is 0 Å². The Bertz CT molecular complexity index is 594. The van der Waals surface area contributed by atoms with Crippen LogP contribution in [0.5, 0.6) is 0 Å². The first kappa shape index (κ1) is 12.7. The predicted octanol–water partition coefficient (Wildman–Crippen LogP) is 3.82. The number of hydrogen-bond acceptors (Lipinski definition) is 2. The van der Waals surface area contributed by atoms with Crippen molar-refractivity contribution in [2.24, 2.45) is 0 Å². The van der Waals surface area contributed by atoms with Crippen LogP contribution in [0.4, 0.5) is 14.5 Å². The van der Waals surface area contributed by atoms with Crippen molar-refractivity contribution >= 4 is 16.6 Å². The van der Waals surface area contributed by atoms with Gasteiger partial charge in [-0.3, -0.25) is 0 Å². The minimum atomic E-state index is -0.490. The van der Waals surface area contributed by atoms with E-state index in [0.717, 1.165) is 29.8 Å². The molecule has 2 aromatic rings. The third-order valence-electron chi connectivity index (χ3n) is 3.05. The molecule has 1 heterocycles. The van der Waals surface area contributed by atoms with E-state index in [1.165, 1.54) is 0 Å². The fraction of sp³-hybridized carbons (Fsp3) is 0.357. The minimum Gasteiger partial charge on any atom is -0.384 e. The summed E-state index contributed by atoms with van der Waals surface area (Å²) in [5.74, 6) is -0.930. The molecule has 0 saturated carbocycles. The number of pyridine rings is 1. The van der Waals surface area contributed by atoms with Gasteiger partial charge >= 0.3 is 0 Å². The van der Waals surface area contributed by atoms with E-state index >= 15 is 0 Å². The number of nitrogens with zero attached hydrogens (tertiary/aromatic N) is 1. The number of fused-ring (bicyclic) bond motifs is 1. The molecule has 0 aliphatic rings. The van der Waals surface area contributed by atoms with Gasteiger partial charge in [-0.15, -0.1) is 0 Å². The minimum absolute atomic E-state index is 0.0978. The van der Waals surface area contributed by atoms with E-state index < -0.39 is 11.6 Å². The van der Waals surface area contributed by atoms with E-state index in [0.29, 0.717) is 12.2 Å². The molecule has 2 rings (SSSR count). The highest BCUT2D eigenvalue weighted by atomic mass is 19.1. The summed E-state index contributed by atoms with van der Waals surface area (Å²) in [5, 5.41) is 3.38. The number of rotatable bonds is 3. The molecule has 0 saturated heterocycles. The van der Waals surface area contributed by atoms with Crippen LogP contribution in [0.2, 0.25) is 0 Å². The van der Waals surface area contributed by atoms with Crippen molar-refractivity contribution in [1.82, 2.24) is 4.98 Å². The summed E-state index contributed by atoms with van der Waals surface area (Å²) in [7, 11) is 0. The van der Waals surface area contributed by atoms with Crippen molar-refractivity contribution in [3.63, 3.8) is 0 Å². The highest BCUT2D eigenvalue weighted by Gasteiger charge is 2.16. The molecular formula is C14H16F2N2. The lowest BCUT2D eigenvalue weighted by Crippen LogP contribution is -2.06. The van der Waals surface area contributed by atoms with E-state index in [2.05, 4.69) is 10.3 Å². The molecule has 0 atom stereocenters. The number of hydrogen-bond donors (Lipinski definition) is 1. The zero-order valence-electron chi connectivity index (χ0n) is 10.8. The van der Waals surface area contributed by atoms with Gasteiger partial charge in [0.15, 0.2) is 0 Å². The van der Waals surface area contributed by atoms with Gasteiger partial charge in [0.25, 0.3) is 0 Å². The molecule has 0 spiro atoms. The quantitative estimate of drug-likeness (QED) is 0.895. The van der Waals surface area contributed by atoms with Crippen molar-refractivity contribution in [3.05, 3.63) is 35.0 Å². The van der Waals surface area contributed by atoms with Crippen molar-refractivity contribution in [3.8, 4) is 0 Å². The number of halogens is 2. The third kappa shape index (κ3) is 1.92. The molecule has 0 radical (unpaired) electrons. The normalized spacial score (nSPS) is 10.9. The smallest absolute Gasteiger partial charge is 0.149 e. The van der Waals surface area contributed by atoms with Gasteiger partial charge in [-0.05, 0) is 38.0 Å². The molecular weight excluding hydrogens is 234 g/mol. The highest BCUT2D eigenvalue weighted by molar-refractivity contribution is 5.94. The maximum absolute atomic E-state index is 14.0. The van der Waals surface area contributed by atoms with Crippen LogP contribution in [-0.4, -0.2) is 11.5 Å². The van der Waals surface area contributed by atoms with Crippen LogP contribution < -0.4 is 5.32 Å². The van der Waals surface area contributed by atoms with Gasteiger partial charge in [-0.25, -0.2) is 13.8 Å². The summed E-state index contributed by atoms with van der Waals surface area (Å²) < 4.78 is 27.7. The van der Waals surface area contributed by atoms with Crippen molar-refractivity contribution in [1.29, 1.82) is 0 Å². The molecule has 1 aromatic heterocycles. The van der Waals surface area contributed by atoms with E-state index in [9.17, 15) is 8.78 Å². The number of aryl methyl sites for hydroxylation is 1. The van der Waals surface area contributed by atoms with E-state index in [4.69, 9.17) is 0 Å². The number of anilines is 1. The van der Waals surface area contributed by atoms with Crippen molar-refractivity contribution in [2.45, 2.75) is 27.2 Å². The Balaban J connectivity index is 2.91. The fourth-order valence-corrected chi connectivity index (χ4v) is 2.26. The van der Waals surface area contributed by atoms with Crippen LogP contribution in [0.3, 0.4) is 0 Å². The van der Waals surface area contributed by atoms with Gasteiger partial charge in [0.1, 0.15) is 17.2 Å². The first-order chi connectivity index (χ1) is 8.60. The van der Waals surface area contributed by atoms with E-state index in [1.54, 1.807) is 0 Å².